The molecule has 0 radical (unpaired) electrons. The molecule has 1 heterocycles. The minimum Gasteiger partial charge on any atom is -0.480 e. The second-order valence-electron chi connectivity index (χ2n) is 7.10. The molecule has 0 spiro atoms. The van der Waals surface area contributed by atoms with E-state index in [0.717, 1.165) is 0 Å². The predicted molar refractivity (Wildman–Crippen MR) is 108 cm³/mol. The first kappa shape index (κ1) is 25.6. The van der Waals surface area contributed by atoms with Gasteiger partial charge in [0.05, 0.1) is 18.8 Å². The first-order valence-corrected chi connectivity index (χ1v) is 9.66. The van der Waals surface area contributed by atoms with Gasteiger partial charge in [0.2, 0.25) is 23.6 Å². The number of amides is 4. The number of carbonyl (C=O) groups is 5. The highest BCUT2D eigenvalue weighted by Gasteiger charge is 2.31. The number of hydrogen-bond acceptors (Lipinski definition) is 7. The van der Waals surface area contributed by atoms with Crippen molar-refractivity contribution in [3.8, 4) is 0 Å². The van der Waals surface area contributed by atoms with Crippen LogP contribution in [0, 0.1) is 5.92 Å². The number of nitrogens with two attached hydrogens (primary N) is 2. The number of carbonyl (C=O) groups excluding carboxylic acids is 4. The van der Waals surface area contributed by atoms with Crippen LogP contribution in [0.4, 0.5) is 0 Å². The highest BCUT2D eigenvalue weighted by molar-refractivity contribution is 5.94. The molecular formula is C18H29N7O6. The molecule has 4 amide bonds. The molecule has 31 heavy (non-hydrogen) atoms. The number of nitrogens with one attached hydrogen (secondary N) is 4. The third-order valence-electron chi connectivity index (χ3n) is 4.58. The molecular weight excluding hydrogens is 410 g/mol. The van der Waals surface area contributed by atoms with Crippen molar-refractivity contribution >= 4 is 29.6 Å². The van der Waals surface area contributed by atoms with Gasteiger partial charge in [-0.2, -0.15) is 0 Å². The lowest BCUT2D eigenvalue weighted by Crippen LogP contribution is -2.58. The van der Waals surface area contributed by atoms with Crippen molar-refractivity contribution in [2.45, 2.75) is 51.2 Å². The Morgan fingerprint density at radius 1 is 1.16 bits per heavy atom. The molecule has 0 aliphatic rings. The molecule has 13 nitrogen and oxygen atoms in total. The Morgan fingerprint density at radius 3 is 2.35 bits per heavy atom. The second-order valence-corrected chi connectivity index (χ2v) is 7.10. The molecule has 4 atom stereocenters. The van der Waals surface area contributed by atoms with Crippen molar-refractivity contribution in [3.63, 3.8) is 0 Å². The summed E-state index contributed by atoms with van der Waals surface area (Å²) >= 11 is 0. The van der Waals surface area contributed by atoms with Crippen LogP contribution in [0.15, 0.2) is 12.5 Å². The quantitative estimate of drug-likeness (QED) is 0.172. The second kappa shape index (κ2) is 12.3. The molecule has 0 bridgehead atoms. The Bertz CT molecular complexity index is 782. The van der Waals surface area contributed by atoms with Crippen LogP contribution < -0.4 is 27.4 Å². The topological polar surface area (TPSA) is 222 Å². The molecule has 0 fully saturated rings. The minimum absolute atomic E-state index is 0.0134. The van der Waals surface area contributed by atoms with Crippen molar-refractivity contribution in [2.24, 2.45) is 17.4 Å². The highest BCUT2D eigenvalue weighted by Crippen LogP contribution is 2.10. The number of imidazole rings is 1. The summed E-state index contributed by atoms with van der Waals surface area (Å²) < 4.78 is 0. The fourth-order valence-electron chi connectivity index (χ4n) is 2.64. The van der Waals surface area contributed by atoms with Crippen LogP contribution in [0.2, 0.25) is 0 Å². The minimum atomic E-state index is -1.24. The molecule has 9 N–H and O–H groups in total. The van der Waals surface area contributed by atoms with E-state index in [-0.39, 0.29) is 18.8 Å². The number of rotatable bonds is 13. The van der Waals surface area contributed by atoms with E-state index in [9.17, 15) is 24.0 Å². The van der Waals surface area contributed by atoms with Crippen molar-refractivity contribution in [1.29, 1.82) is 0 Å². The van der Waals surface area contributed by atoms with Gasteiger partial charge >= 0.3 is 5.97 Å². The fraction of sp³-hybridized carbons (Fsp3) is 0.556. The molecule has 1 rings (SSSR count). The molecule has 1 aromatic heterocycles. The van der Waals surface area contributed by atoms with E-state index >= 15 is 0 Å². The SMILES string of the molecule is CCC(C)C(NC(=O)C(N)CC(N)=O)C(=O)NC(Cc1cnc[nH]1)C(=O)NCC(=O)O. The third-order valence-corrected chi connectivity index (χ3v) is 4.58. The zero-order chi connectivity index (χ0) is 23.6. The molecule has 1 aromatic rings. The number of carboxylic acids is 1. The van der Waals surface area contributed by atoms with Crippen LogP contribution in [-0.2, 0) is 30.4 Å². The molecule has 0 aliphatic heterocycles. The Balaban J connectivity index is 2.96. The maximum Gasteiger partial charge on any atom is 0.322 e. The number of aliphatic carboxylic acids is 1. The van der Waals surface area contributed by atoms with E-state index in [0.29, 0.717) is 12.1 Å². The standard InChI is InChI=1S/C18H29N7O6/c1-3-9(2)15(25-16(29)11(19)5-13(20)26)18(31)24-12(4-10-6-21-8-23-10)17(30)22-7-14(27)28/h6,8-9,11-12,15H,3-5,7,19H2,1-2H3,(H2,20,26)(H,21,23)(H,22,30)(H,24,31)(H,25,29)(H,27,28). The smallest absolute Gasteiger partial charge is 0.322 e. The number of nitrogens with zero attached hydrogens (tertiary/aromatic N) is 1. The van der Waals surface area contributed by atoms with Crippen LogP contribution >= 0.6 is 0 Å². The zero-order valence-electron chi connectivity index (χ0n) is 17.4. The molecule has 0 aromatic carbocycles. The third kappa shape index (κ3) is 8.82. The average molecular weight is 439 g/mol. The summed E-state index contributed by atoms with van der Waals surface area (Å²) in [5.74, 6) is -4.46. The first-order valence-electron chi connectivity index (χ1n) is 9.66. The van der Waals surface area contributed by atoms with E-state index in [1.165, 1.54) is 12.5 Å². The van der Waals surface area contributed by atoms with E-state index in [1.807, 2.05) is 6.92 Å². The maximum absolute atomic E-state index is 12.9. The van der Waals surface area contributed by atoms with Crippen LogP contribution in [-0.4, -0.2) is 69.3 Å². The Morgan fingerprint density at radius 2 is 1.84 bits per heavy atom. The van der Waals surface area contributed by atoms with Crippen LogP contribution in [0.5, 0.6) is 0 Å². The van der Waals surface area contributed by atoms with Gasteiger partial charge in [-0.25, -0.2) is 4.98 Å². The number of hydrogen-bond donors (Lipinski definition) is 7. The Hall–Kier alpha value is -3.48. The summed E-state index contributed by atoms with van der Waals surface area (Å²) in [6, 6.07) is -3.40. The van der Waals surface area contributed by atoms with Crippen LogP contribution in [0.25, 0.3) is 0 Å². The van der Waals surface area contributed by atoms with Crippen molar-refractivity contribution < 1.29 is 29.1 Å². The highest BCUT2D eigenvalue weighted by atomic mass is 16.4. The molecule has 172 valence electrons. The lowest BCUT2D eigenvalue weighted by atomic mass is 9.97. The van der Waals surface area contributed by atoms with Gasteiger partial charge in [0.15, 0.2) is 0 Å². The predicted octanol–water partition coefficient (Wildman–Crippen LogP) is -2.63. The van der Waals surface area contributed by atoms with Gasteiger partial charge in [0, 0.05) is 18.3 Å². The number of aromatic amines is 1. The molecule has 0 saturated carbocycles. The van der Waals surface area contributed by atoms with Gasteiger partial charge in [-0.3, -0.25) is 24.0 Å². The summed E-state index contributed by atoms with van der Waals surface area (Å²) in [4.78, 5) is 66.0. The monoisotopic (exact) mass is 439 g/mol. The summed E-state index contributed by atoms with van der Waals surface area (Å²) in [5, 5.41) is 16.0. The van der Waals surface area contributed by atoms with Crippen molar-refractivity contribution in [1.82, 2.24) is 25.9 Å². The number of primary amides is 1. The lowest BCUT2D eigenvalue weighted by Gasteiger charge is -2.27. The molecule has 0 saturated heterocycles. The summed E-state index contributed by atoms with van der Waals surface area (Å²) in [7, 11) is 0. The van der Waals surface area contributed by atoms with E-state index in [4.69, 9.17) is 16.6 Å². The average Bonchev–Trinajstić information content (AvgIpc) is 3.21. The van der Waals surface area contributed by atoms with Crippen LogP contribution in [0.1, 0.15) is 32.4 Å². The lowest BCUT2D eigenvalue weighted by molar-refractivity contribution is -0.138. The van der Waals surface area contributed by atoms with E-state index in [2.05, 4.69) is 25.9 Å². The van der Waals surface area contributed by atoms with Gasteiger partial charge in [0.1, 0.15) is 18.6 Å². The number of aromatic nitrogens is 2. The van der Waals surface area contributed by atoms with Gasteiger partial charge in [-0.05, 0) is 5.92 Å². The summed E-state index contributed by atoms with van der Waals surface area (Å²) in [6.45, 7) is 2.91. The van der Waals surface area contributed by atoms with Gasteiger partial charge in [0.25, 0.3) is 0 Å². The Labute approximate surface area is 178 Å². The normalized spacial score (nSPS) is 14.5. The summed E-state index contributed by atoms with van der Waals surface area (Å²) in [6.07, 6.45) is 2.99. The van der Waals surface area contributed by atoms with Gasteiger partial charge in [-0.1, -0.05) is 20.3 Å². The molecule has 4 unspecified atom stereocenters. The van der Waals surface area contributed by atoms with Gasteiger partial charge in [-0.15, -0.1) is 0 Å². The van der Waals surface area contributed by atoms with E-state index in [1.54, 1.807) is 6.92 Å². The first-order chi connectivity index (χ1) is 14.5. The van der Waals surface area contributed by atoms with Crippen molar-refractivity contribution in [3.05, 3.63) is 18.2 Å². The zero-order valence-corrected chi connectivity index (χ0v) is 17.4. The van der Waals surface area contributed by atoms with Crippen molar-refractivity contribution in [2.75, 3.05) is 6.54 Å². The number of H-pyrrole nitrogens is 1. The molecule has 13 heteroatoms. The molecule has 0 aliphatic carbocycles. The summed E-state index contributed by atoms with van der Waals surface area (Å²) in [5.41, 5.74) is 11.2. The fourth-order valence-corrected chi connectivity index (χ4v) is 2.64. The van der Waals surface area contributed by atoms with Crippen LogP contribution in [0.3, 0.4) is 0 Å². The number of carboxylic acid groups (broad SMARTS) is 1. The maximum atomic E-state index is 12.9. The van der Waals surface area contributed by atoms with Gasteiger partial charge < -0.3 is 37.5 Å². The van der Waals surface area contributed by atoms with E-state index < -0.39 is 54.3 Å². The Kier molecular flexibility index (Phi) is 10.1. The largest absolute Gasteiger partial charge is 0.480 e.